The molecular weight excluding hydrogens is 138 g/mol. The van der Waals surface area contributed by atoms with Crippen molar-refractivity contribution in [3.05, 3.63) is 18.2 Å². The highest BCUT2D eigenvalue weighted by molar-refractivity contribution is 4.87. The second kappa shape index (κ2) is 4.91. The van der Waals surface area contributed by atoms with E-state index in [9.17, 15) is 0 Å². The number of imidazole rings is 1. The molecule has 2 N–H and O–H groups in total. The number of hydrogen-bond acceptors (Lipinski definition) is 2. The first-order chi connectivity index (χ1) is 5.43. The lowest BCUT2D eigenvalue weighted by Gasteiger charge is -1.99. The van der Waals surface area contributed by atoms with Crippen molar-refractivity contribution in [3.63, 3.8) is 0 Å². The van der Waals surface area contributed by atoms with Crippen LogP contribution in [0.5, 0.6) is 0 Å². The molecule has 3 heteroatoms. The van der Waals surface area contributed by atoms with Crippen LogP contribution in [-0.4, -0.2) is 23.1 Å². The first kappa shape index (κ1) is 8.27. The Labute approximate surface area is 67.2 Å². The Hall–Kier alpha value is -0.830. The van der Waals surface area contributed by atoms with E-state index in [4.69, 9.17) is 0 Å². The summed E-state index contributed by atoms with van der Waals surface area (Å²) >= 11 is 0. The zero-order valence-corrected chi connectivity index (χ0v) is 6.93. The maximum atomic E-state index is 4.12. The fourth-order valence-electron chi connectivity index (χ4n) is 0.943. The summed E-state index contributed by atoms with van der Waals surface area (Å²) in [6.07, 6.45) is 5.83. The minimum absolute atomic E-state index is 0.993. The molecule has 0 amide bonds. The molecule has 0 saturated heterocycles. The van der Waals surface area contributed by atoms with Crippen LogP contribution in [0.15, 0.2) is 12.4 Å². The van der Waals surface area contributed by atoms with E-state index in [0.29, 0.717) is 0 Å². The van der Waals surface area contributed by atoms with E-state index in [1.165, 1.54) is 6.42 Å². The summed E-state index contributed by atoms with van der Waals surface area (Å²) in [7, 11) is 0. The molecule has 0 bridgehead atoms. The second-order valence-corrected chi connectivity index (χ2v) is 2.54. The lowest BCUT2D eigenvalue weighted by molar-refractivity contribution is 0.661. The quantitative estimate of drug-likeness (QED) is 0.618. The lowest BCUT2D eigenvalue weighted by atomic mass is 10.4. The van der Waals surface area contributed by atoms with Crippen LogP contribution in [0.25, 0.3) is 0 Å². The summed E-state index contributed by atoms with van der Waals surface area (Å²) in [5.41, 5.74) is 0. The molecule has 0 unspecified atom stereocenters. The Kier molecular flexibility index (Phi) is 3.69. The molecular formula is C8H15N3. The van der Waals surface area contributed by atoms with Crippen LogP contribution in [-0.2, 0) is 6.42 Å². The number of H-pyrrole nitrogens is 1. The molecule has 1 heterocycles. The van der Waals surface area contributed by atoms with Crippen molar-refractivity contribution < 1.29 is 0 Å². The molecule has 0 aliphatic rings. The molecule has 0 atom stereocenters. The Morgan fingerprint density at radius 1 is 1.55 bits per heavy atom. The summed E-state index contributed by atoms with van der Waals surface area (Å²) < 4.78 is 0. The Morgan fingerprint density at radius 2 is 2.45 bits per heavy atom. The highest BCUT2D eigenvalue weighted by Gasteiger charge is 1.91. The highest BCUT2D eigenvalue weighted by atomic mass is 14.9. The standard InChI is InChI=1S/C8H15N3/c1-2-4-9-5-3-8-10-6-7-11-8/h6-7,9H,2-5H2,1H3,(H,10,11). The average Bonchev–Trinajstić information content (AvgIpc) is 2.50. The molecule has 0 spiro atoms. The van der Waals surface area contributed by atoms with Crippen molar-refractivity contribution in [2.75, 3.05) is 13.1 Å². The van der Waals surface area contributed by atoms with Gasteiger partial charge in [-0.05, 0) is 13.0 Å². The van der Waals surface area contributed by atoms with Crippen molar-refractivity contribution in [1.82, 2.24) is 15.3 Å². The molecule has 0 saturated carbocycles. The number of aromatic nitrogens is 2. The Morgan fingerprint density at radius 3 is 3.09 bits per heavy atom. The van der Waals surface area contributed by atoms with Gasteiger partial charge in [0.15, 0.2) is 0 Å². The Balaban J connectivity index is 2.04. The molecule has 0 radical (unpaired) electrons. The normalized spacial score (nSPS) is 10.3. The number of nitrogens with one attached hydrogen (secondary N) is 2. The number of hydrogen-bond donors (Lipinski definition) is 2. The first-order valence-corrected chi connectivity index (χ1v) is 4.12. The zero-order chi connectivity index (χ0) is 7.94. The van der Waals surface area contributed by atoms with Gasteiger partial charge in [-0.3, -0.25) is 0 Å². The molecule has 1 rings (SSSR count). The van der Waals surface area contributed by atoms with E-state index in [1.807, 2.05) is 6.20 Å². The largest absolute Gasteiger partial charge is 0.349 e. The molecule has 1 aromatic heterocycles. The number of aromatic amines is 1. The van der Waals surface area contributed by atoms with Gasteiger partial charge in [-0.1, -0.05) is 6.92 Å². The minimum Gasteiger partial charge on any atom is -0.349 e. The molecule has 3 nitrogen and oxygen atoms in total. The third-order valence-corrected chi connectivity index (χ3v) is 1.52. The SMILES string of the molecule is CCCNCCc1ncc[nH]1. The lowest BCUT2D eigenvalue weighted by Crippen LogP contribution is -2.18. The molecule has 11 heavy (non-hydrogen) atoms. The molecule has 1 aromatic rings. The van der Waals surface area contributed by atoms with Gasteiger partial charge >= 0.3 is 0 Å². The van der Waals surface area contributed by atoms with Crippen LogP contribution >= 0.6 is 0 Å². The van der Waals surface area contributed by atoms with Crippen LogP contribution in [0.3, 0.4) is 0 Å². The zero-order valence-electron chi connectivity index (χ0n) is 6.93. The van der Waals surface area contributed by atoms with Crippen molar-refractivity contribution in [3.8, 4) is 0 Å². The maximum Gasteiger partial charge on any atom is 0.107 e. The first-order valence-electron chi connectivity index (χ1n) is 4.12. The van der Waals surface area contributed by atoms with Crippen LogP contribution < -0.4 is 5.32 Å². The van der Waals surface area contributed by atoms with E-state index in [2.05, 4.69) is 22.2 Å². The summed E-state index contributed by atoms with van der Waals surface area (Å²) in [5.74, 6) is 1.06. The summed E-state index contributed by atoms with van der Waals surface area (Å²) in [6.45, 7) is 4.28. The minimum atomic E-state index is 0.993. The highest BCUT2D eigenvalue weighted by Crippen LogP contribution is 1.87. The van der Waals surface area contributed by atoms with Crippen molar-refractivity contribution >= 4 is 0 Å². The van der Waals surface area contributed by atoms with Gasteiger partial charge in [0.2, 0.25) is 0 Å². The van der Waals surface area contributed by atoms with E-state index in [1.54, 1.807) is 6.20 Å². The van der Waals surface area contributed by atoms with Gasteiger partial charge in [0.05, 0.1) is 0 Å². The molecule has 0 aliphatic heterocycles. The van der Waals surface area contributed by atoms with Crippen molar-refractivity contribution in [2.24, 2.45) is 0 Å². The van der Waals surface area contributed by atoms with Gasteiger partial charge in [-0.15, -0.1) is 0 Å². The topological polar surface area (TPSA) is 40.7 Å². The van der Waals surface area contributed by atoms with Gasteiger partial charge in [0.1, 0.15) is 5.82 Å². The van der Waals surface area contributed by atoms with Crippen LogP contribution in [0.1, 0.15) is 19.2 Å². The van der Waals surface area contributed by atoms with E-state index in [-0.39, 0.29) is 0 Å². The van der Waals surface area contributed by atoms with Gasteiger partial charge in [0.25, 0.3) is 0 Å². The second-order valence-electron chi connectivity index (χ2n) is 2.54. The smallest absolute Gasteiger partial charge is 0.107 e. The van der Waals surface area contributed by atoms with Gasteiger partial charge < -0.3 is 10.3 Å². The van der Waals surface area contributed by atoms with E-state index >= 15 is 0 Å². The fraction of sp³-hybridized carbons (Fsp3) is 0.625. The molecule has 62 valence electrons. The fourth-order valence-corrected chi connectivity index (χ4v) is 0.943. The summed E-state index contributed by atoms with van der Waals surface area (Å²) in [4.78, 5) is 7.18. The van der Waals surface area contributed by atoms with Gasteiger partial charge in [-0.2, -0.15) is 0 Å². The number of rotatable bonds is 5. The van der Waals surface area contributed by atoms with Crippen LogP contribution in [0, 0.1) is 0 Å². The summed E-state index contributed by atoms with van der Waals surface area (Å²) in [5, 5.41) is 3.31. The van der Waals surface area contributed by atoms with Crippen molar-refractivity contribution in [1.29, 1.82) is 0 Å². The van der Waals surface area contributed by atoms with E-state index in [0.717, 1.165) is 25.3 Å². The van der Waals surface area contributed by atoms with Gasteiger partial charge in [-0.25, -0.2) is 4.98 Å². The molecule has 0 fully saturated rings. The monoisotopic (exact) mass is 153 g/mol. The van der Waals surface area contributed by atoms with Crippen LogP contribution in [0.2, 0.25) is 0 Å². The molecule has 0 aliphatic carbocycles. The maximum absolute atomic E-state index is 4.12. The summed E-state index contributed by atoms with van der Waals surface area (Å²) in [6, 6.07) is 0. The van der Waals surface area contributed by atoms with Crippen LogP contribution in [0.4, 0.5) is 0 Å². The third kappa shape index (κ3) is 3.18. The Bertz CT molecular complexity index is 169. The molecule has 0 aromatic carbocycles. The van der Waals surface area contributed by atoms with E-state index < -0.39 is 0 Å². The number of nitrogens with zero attached hydrogens (tertiary/aromatic N) is 1. The van der Waals surface area contributed by atoms with Crippen molar-refractivity contribution in [2.45, 2.75) is 19.8 Å². The van der Waals surface area contributed by atoms with Gasteiger partial charge in [0, 0.05) is 25.4 Å². The predicted octanol–water partition coefficient (Wildman–Crippen LogP) is 0.952. The third-order valence-electron chi connectivity index (χ3n) is 1.52. The average molecular weight is 153 g/mol. The predicted molar refractivity (Wildman–Crippen MR) is 45.5 cm³/mol.